The molecule has 4 heteroatoms. The molecule has 0 saturated heterocycles. The normalized spacial score (nSPS) is 9.50. The quantitative estimate of drug-likeness (QED) is 0.580. The molecule has 0 saturated carbocycles. The van der Waals surface area contributed by atoms with Gasteiger partial charge in [-0.3, -0.25) is 9.59 Å². The van der Waals surface area contributed by atoms with Gasteiger partial charge in [0.2, 0.25) is 0 Å². The van der Waals surface area contributed by atoms with Gasteiger partial charge < -0.3 is 5.11 Å². The summed E-state index contributed by atoms with van der Waals surface area (Å²) >= 11 is 0. The number of benzene rings is 1. The number of carbonyl (C=O) groups excluding carboxylic acids is 2. The summed E-state index contributed by atoms with van der Waals surface area (Å²) in [5, 5.41) is 8.74. The molecule has 0 aliphatic rings. The summed E-state index contributed by atoms with van der Waals surface area (Å²) in [5.74, 6) is -1.54. The number of aldehydes is 1. The van der Waals surface area contributed by atoms with Crippen molar-refractivity contribution >= 4 is 18.0 Å². The smallest absolute Gasteiger partial charge is 0.336 e. The van der Waals surface area contributed by atoms with Crippen molar-refractivity contribution in [2.24, 2.45) is 0 Å². The van der Waals surface area contributed by atoms with Crippen LogP contribution in [0, 0.1) is 0 Å². The Morgan fingerprint density at radius 2 is 1.93 bits per heavy atom. The number of carbonyl (C=O) groups is 3. The number of hydrogen-bond acceptors (Lipinski definition) is 3. The first-order valence-electron chi connectivity index (χ1n) is 3.89. The van der Waals surface area contributed by atoms with E-state index in [-0.39, 0.29) is 16.9 Å². The Hall–Kier alpha value is -1.97. The predicted molar refractivity (Wildman–Crippen MR) is 48.8 cm³/mol. The van der Waals surface area contributed by atoms with E-state index in [4.69, 9.17) is 5.11 Å². The molecule has 1 rings (SSSR count). The van der Waals surface area contributed by atoms with Gasteiger partial charge in [0.05, 0.1) is 5.56 Å². The molecular formula is C10H8O4. The van der Waals surface area contributed by atoms with E-state index >= 15 is 0 Å². The second kappa shape index (κ2) is 3.83. The van der Waals surface area contributed by atoms with Crippen LogP contribution in [0.15, 0.2) is 18.2 Å². The Labute approximate surface area is 80.2 Å². The van der Waals surface area contributed by atoms with E-state index in [2.05, 4.69) is 0 Å². The van der Waals surface area contributed by atoms with Gasteiger partial charge in [-0.05, 0) is 19.1 Å². The van der Waals surface area contributed by atoms with E-state index in [0.717, 1.165) is 0 Å². The summed E-state index contributed by atoms with van der Waals surface area (Å²) in [6.45, 7) is 1.26. The fourth-order valence-electron chi connectivity index (χ4n) is 1.11. The van der Waals surface area contributed by atoms with Crippen LogP contribution >= 0.6 is 0 Å². The first kappa shape index (κ1) is 10.1. The monoisotopic (exact) mass is 192 g/mol. The fraction of sp³-hybridized carbons (Fsp3) is 0.100. The minimum absolute atomic E-state index is 0.0575. The van der Waals surface area contributed by atoms with Crippen LogP contribution in [-0.4, -0.2) is 23.1 Å². The molecule has 0 radical (unpaired) electrons. The maximum absolute atomic E-state index is 11.1. The van der Waals surface area contributed by atoms with Gasteiger partial charge in [0.25, 0.3) is 0 Å². The average Bonchev–Trinajstić information content (AvgIpc) is 2.16. The maximum Gasteiger partial charge on any atom is 0.336 e. The van der Waals surface area contributed by atoms with Gasteiger partial charge >= 0.3 is 5.97 Å². The number of aromatic carboxylic acids is 1. The summed E-state index contributed by atoms with van der Waals surface area (Å²) < 4.78 is 0. The molecule has 0 aliphatic carbocycles. The number of rotatable bonds is 3. The minimum atomic E-state index is -1.17. The molecule has 1 aromatic rings. The van der Waals surface area contributed by atoms with Crippen molar-refractivity contribution in [1.82, 2.24) is 0 Å². The Kier molecular flexibility index (Phi) is 2.76. The van der Waals surface area contributed by atoms with Gasteiger partial charge in [0.1, 0.15) is 6.29 Å². The van der Waals surface area contributed by atoms with E-state index in [0.29, 0.717) is 11.8 Å². The second-order valence-electron chi connectivity index (χ2n) is 2.78. The summed E-state index contributed by atoms with van der Waals surface area (Å²) in [6.07, 6.45) is 0.568. The molecule has 0 heterocycles. The fourth-order valence-corrected chi connectivity index (χ4v) is 1.11. The average molecular weight is 192 g/mol. The standard InChI is InChI=1S/C10H8O4/c1-6(12)9-4-7(5-11)2-3-8(9)10(13)14/h2-5H,1H3,(H,13,14). The van der Waals surface area contributed by atoms with E-state index < -0.39 is 5.97 Å². The van der Waals surface area contributed by atoms with Gasteiger partial charge in [-0.15, -0.1) is 0 Å². The molecule has 0 unspecified atom stereocenters. The van der Waals surface area contributed by atoms with Crippen LogP contribution < -0.4 is 0 Å². The number of hydrogen-bond donors (Lipinski definition) is 1. The molecule has 4 nitrogen and oxygen atoms in total. The van der Waals surface area contributed by atoms with Crippen LogP contribution in [0.5, 0.6) is 0 Å². The molecule has 0 amide bonds. The maximum atomic E-state index is 11.1. The molecule has 0 spiro atoms. The highest BCUT2D eigenvalue weighted by atomic mass is 16.4. The van der Waals surface area contributed by atoms with E-state index in [1.807, 2.05) is 0 Å². The topological polar surface area (TPSA) is 71.4 Å². The number of ketones is 1. The van der Waals surface area contributed by atoms with Crippen molar-refractivity contribution in [2.45, 2.75) is 6.92 Å². The van der Waals surface area contributed by atoms with Gasteiger partial charge in [0, 0.05) is 11.1 Å². The third kappa shape index (κ3) is 1.85. The molecular weight excluding hydrogens is 184 g/mol. The van der Waals surface area contributed by atoms with Crippen molar-refractivity contribution in [1.29, 1.82) is 0 Å². The number of carboxylic acids is 1. The Balaban J connectivity index is 3.38. The summed E-state index contributed by atoms with van der Waals surface area (Å²) in [5.41, 5.74) is 0.269. The molecule has 0 bridgehead atoms. The van der Waals surface area contributed by atoms with Crippen LogP contribution in [0.1, 0.15) is 38.0 Å². The van der Waals surface area contributed by atoms with E-state index in [1.165, 1.54) is 25.1 Å². The second-order valence-corrected chi connectivity index (χ2v) is 2.78. The van der Waals surface area contributed by atoms with Gasteiger partial charge in [0.15, 0.2) is 5.78 Å². The van der Waals surface area contributed by atoms with Gasteiger partial charge in [-0.1, -0.05) is 6.07 Å². The molecule has 0 atom stereocenters. The predicted octanol–water partition coefficient (Wildman–Crippen LogP) is 1.40. The van der Waals surface area contributed by atoms with E-state index in [9.17, 15) is 14.4 Å². The highest BCUT2D eigenvalue weighted by Gasteiger charge is 2.13. The highest BCUT2D eigenvalue weighted by molar-refractivity contribution is 6.05. The Morgan fingerprint density at radius 1 is 1.29 bits per heavy atom. The lowest BCUT2D eigenvalue weighted by Gasteiger charge is -2.02. The van der Waals surface area contributed by atoms with Crippen molar-refractivity contribution in [3.8, 4) is 0 Å². The SMILES string of the molecule is CC(=O)c1cc(C=O)ccc1C(=O)O. The molecule has 0 aliphatic heterocycles. The molecule has 72 valence electrons. The first-order valence-corrected chi connectivity index (χ1v) is 3.89. The minimum Gasteiger partial charge on any atom is -0.478 e. The van der Waals surface area contributed by atoms with Gasteiger partial charge in [-0.2, -0.15) is 0 Å². The lowest BCUT2D eigenvalue weighted by Crippen LogP contribution is -2.06. The van der Waals surface area contributed by atoms with Gasteiger partial charge in [-0.25, -0.2) is 4.79 Å². The highest BCUT2D eigenvalue weighted by Crippen LogP contribution is 2.12. The zero-order valence-electron chi connectivity index (χ0n) is 7.48. The van der Waals surface area contributed by atoms with E-state index in [1.54, 1.807) is 0 Å². The Morgan fingerprint density at radius 3 is 2.36 bits per heavy atom. The zero-order valence-corrected chi connectivity index (χ0v) is 7.48. The van der Waals surface area contributed by atoms with Crippen LogP contribution in [0.3, 0.4) is 0 Å². The molecule has 0 fully saturated rings. The third-order valence-electron chi connectivity index (χ3n) is 1.79. The Bertz CT molecular complexity index is 407. The van der Waals surface area contributed by atoms with Crippen LogP contribution in [0.4, 0.5) is 0 Å². The largest absolute Gasteiger partial charge is 0.478 e. The molecule has 1 aromatic carbocycles. The summed E-state index contributed by atoms with van der Waals surface area (Å²) in [6, 6.07) is 3.89. The lowest BCUT2D eigenvalue weighted by molar-refractivity contribution is 0.0692. The van der Waals surface area contributed by atoms with Crippen molar-refractivity contribution in [3.05, 3.63) is 34.9 Å². The zero-order chi connectivity index (χ0) is 10.7. The summed E-state index contributed by atoms with van der Waals surface area (Å²) in [7, 11) is 0. The van der Waals surface area contributed by atoms with Crippen molar-refractivity contribution < 1.29 is 19.5 Å². The molecule has 0 aromatic heterocycles. The van der Waals surface area contributed by atoms with Crippen LogP contribution in [0.2, 0.25) is 0 Å². The lowest BCUT2D eigenvalue weighted by atomic mass is 10.0. The van der Waals surface area contributed by atoms with Crippen molar-refractivity contribution in [2.75, 3.05) is 0 Å². The van der Waals surface area contributed by atoms with Crippen LogP contribution in [-0.2, 0) is 0 Å². The first-order chi connectivity index (χ1) is 6.56. The number of carboxylic acid groups (broad SMARTS) is 1. The van der Waals surface area contributed by atoms with Crippen LogP contribution in [0.25, 0.3) is 0 Å². The summed E-state index contributed by atoms with van der Waals surface area (Å²) in [4.78, 5) is 32.1. The number of Topliss-reactive ketones (excluding diaryl/α,β-unsaturated/α-hetero) is 1. The molecule has 1 N–H and O–H groups in total. The molecule has 14 heavy (non-hydrogen) atoms. The van der Waals surface area contributed by atoms with Crippen molar-refractivity contribution in [3.63, 3.8) is 0 Å². The third-order valence-corrected chi connectivity index (χ3v) is 1.79.